The third-order valence-electron chi connectivity index (χ3n) is 2.74. The molecule has 0 unspecified atom stereocenters. The second-order valence-electron chi connectivity index (χ2n) is 3.81. The van der Waals surface area contributed by atoms with Crippen molar-refractivity contribution in [1.82, 2.24) is 0 Å². The van der Waals surface area contributed by atoms with Gasteiger partial charge in [0.1, 0.15) is 6.61 Å². The Morgan fingerprint density at radius 2 is 1.53 bits per heavy atom. The van der Waals surface area contributed by atoms with Gasteiger partial charge in [-0.2, -0.15) is 0 Å². The highest BCUT2D eigenvalue weighted by Gasteiger charge is 2.18. The van der Waals surface area contributed by atoms with Gasteiger partial charge in [0.2, 0.25) is 0 Å². The van der Waals surface area contributed by atoms with Crippen molar-refractivity contribution in [1.29, 1.82) is 0 Å². The molecule has 0 N–H and O–H groups in total. The van der Waals surface area contributed by atoms with E-state index in [4.69, 9.17) is 4.18 Å². The fraction of sp³-hybridized carbons (Fsp3) is 0.0714. The Morgan fingerprint density at radius 1 is 0.882 bits per heavy atom. The van der Waals surface area contributed by atoms with Crippen molar-refractivity contribution >= 4 is 17.8 Å². The van der Waals surface area contributed by atoms with Crippen molar-refractivity contribution < 1.29 is 8.98 Å². The molecule has 2 aromatic carbocycles. The van der Waals surface area contributed by atoms with Crippen LogP contribution in [-0.4, -0.2) is 12.4 Å². The molecule has 0 saturated carbocycles. The number of rotatable bonds is 0. The van der Waals surface area contributed by atoms with E-state index in [2.05, 4.69) is 0 Å². The minimum Gasteiger partial charge on any atom is -0.302 e. The first-order valence-corrected chi connectivity index (χ1v) is 6.11. The van der Waals surface area contributed by atoms with Crippen LogP contribution in [0.2, 0.25) is 0 Å². The lowest BCUT2D eigenvalue weighted by molar-refractivity contribution is 0.0935. The third-order valence-corrected chi connectivity index (χ3v) is 3.51. The van der Waals surface area contributed by atoms with Crippen molar-refractivity contribution in [3.05, 3.63) is 54.1 Å². The van der Waals surface area contributed by atoms with Crippen molar-refractivity contribution in [3.8, 4) is 11.1 Å². The van der Waals surface area contributed by atoms with Crippen LogP contribution in [0, 0.1) is 0 Å². The van der Waals surface area contributed by atoms with Crippen molar-refractivity contribution in [2.45, 2.75) is 4.90 Å². The summed E-state index contributed by atoms with van der Waals surface area (Å²) < 4.78 is 5.34. The number of carbonyl (C=O) groups excluding carboxylic acids is 1. The van der Waals surface area contributed by atoms with Crippen LogP contribution in [0.1, 0.15) is 10.4 Å². The summed E-state index contributed by atoms with van der Waals surface area (Å²) in [5, 5.41) is 0. The van der Waals surface area contributed by atoms with E-state index in [-0.39, 0.29) is 12.4 Å². The molecule has 84 valence electrons. The van der Waals surface area contributed by atoms with Crippen LogP contribution in [0.15, 0.2) is 53.4 Å². The quantitative estimate of drug-likeness (QED) is 0.660. The predicted octanol–water partition coefficient (Wildman–Crippen LogP) is 3.57. The molecule has 2 aromatic rings. The van der Waals surface area contributed by atoms with Gasteiger partial charge in [-0.3, -0.25) is 4.79 Å². The average Bonchev–Trinajstić information content (AvgIpc) is 2.37. The van der Waals surface area contributed by atoms with E-state index in [1.165, 1.54) is 12.0 Å². The summed E-state index contributed by atoms with van der Waals surface area (Å²) in [5.41, 5.74) is 2.78. The Bertz CT molecular complexity index is 578. The van der Waals surface area contributed by atoms with Gasteiger partial charge >= 0.3 is 0 Å². The van der Waals surface area contributed by atoms with E-state index in [0.29, 0.717) is 0 Å². The first kappa shape index (κ1) is 10.6. The van der Waals surface area contributed by atoms with Gasteiger partial charge in [0.25, 0.3) is 0 Å². The monoisotopic (exact) mass is 242 g/mol. The zero-order valence-corrected chi connectivity index (χ0v) is 9.87. The summed E-state index contributed by atoms with van der Waals surface area (Å²) in [5.74, 6) is 0.0302. The van der Waals surface area contributed by atoms with Crippen LogP contribution in [-0.2, 0) is 4.18 Å². The van der Waals surface area contributed by atoms with Crippen molar-refractivity contribution in [2.24, 2.45) is 0 Å². The van der Waals surface area contributed by atoms with E-state index >= 15 is 0 Å². The minimum absolute atomic E-state index is 0.0302. The molecule has 0 aliphatic carbocycles. The molecular weight excluding hydrogens is 232 g/mol. The maximum absolute atomic E-state index is 11.9. The van der Waals surface area contributed by atoms with Crippen LogP contribution in [0.4, 0.5) is 0 Å². The zero-order chi connectivity index (χ0) is 11.7. The number of hydrogen-bond acceptors (Lipinski definition) is 3. The fourth-order valence-corrected chi connectivity index (χ4v) is 2.64. The van der Waals surface area contributed by atoms with Crippen LogP contribution in [0.25, 0.3) is 11.1 Å². The van der Waals surface area contributed by atoms with E-state index in [1.807, 2.05) is 48.5 Å². The Balaban J connectivity index is 2.28. The molecule has 0 amide bonds. The fourth-order valence-electron chi connectivity index (χ4n) is 1.95. The summed E-state index contributed by atoms with van der Waals surface area (Å²) in [6.45, 7) is 0.121. The number of hydrogen-bond donors (Lipinski definition) is 0. The summed E-state index contributed by atoms with van der Waals surface area (Å²) in [4.78, 5) is 13.0. The van der Waals surface area contributed by atoms with E-state index in [9.17, 15) is 4.79 Å². The molecule has 0 atom stereocenters. The van der Waals surface area contributed by atoms with Crippen LogP contribution in [0.3, 0.4) is 0 Å². The Labute approximate surface area is 104 Å². The largest absolute Gasteiger partial charge is 0.302 e. The number of Topliss-reactive ketones (excluding diaryl/α,β-unsaturated/α-hetero) is 1. The van der Waals surface area contributed by atoms with E-state index in [0.717, 1.165) is 21.6 Å². The molecule has 0 radical (unpaired) electrons. The minimum atomic E-state index is 0.0302. The Kier molecular flexibility index (Phi) is 2.71. The van der Waals surface area contributed by atoms with Crippen LogP contribution < -0.4 is 0 Å². The second-order valence-corrected chi connectivity index (χ2v) is 4.65. The number of carbonyl (C=O) groups is 1. The van der Waals surface area contributed by atoms with Crippen molar-refractivity contribution in [3.63, 3.8) is 0 Å². The molecule has 1 heterocycles. The average molecular weight is 242 g/mol. The van der Waals surface area contributed by atoms with Crippen LogP contribution >= 0.6 is 12.0 Å². The van der Waals surface area contributed by atoms with Crippen LogP contribution in [0.5, 0.6) is 0 Å². The molecular formula is C14H10O2S. The van der Waals surface area contributed by atoms with Gasteiger partial charge in [-0.05, 0) is 17.2 Å². The molecule has 0 bridgehead atoms. The van der Waals surface area contributed by atoms with Gasteiger partial charge in [0.15, 0.2) is 5.78 Å². The smallest absolute Gasteiger partial charge is 0.190 e. The maximum atomic E-state index is 11.9. The van der Waals surface area contributed by atoms with Gasteiger partial charge in [0.05, 0.1) is 0 Å². The molecule has 1 aliphatic heterocycles. The highest BCUT2D eigenvalue weighted by Crippen LogP contribution is 2.35. The van der Waals surface area contributed by atoms with Gasteiger partial charge in [-0.25, -0.2) is 0 Å². The normalized spacial score (nSPS) is 14.5. The summed E-state index contributed by atoms with van der Waals surface area (Å²) in [6, 6.07) is 15.6. The lowest BCUT2D eigenvalue weighted by Crippen LogP contribution is -2.10. The Morgan fingerprint density at radius 3 is 2.35 bits per heavy atom. The first-order valence-electron chi connectivity index (χ1n) is 5.37. The van der Waals surface area contributed by atoms with Gasteiger partial charge in [-0.1, -0.05) is 42.5 Å². The zero-order valence-electron chi connectivity index (χ0n) is 9.05. The van der Waals surface area contributed by atoms with Gasteiger partial charge in [-0.15, -0.1) is 0 Å². The molecule has 3 rings (SSSR count). The highest BCUT2D eigenvalue weighted by molar-refractivity contribution is 7.94. The molecule has 0 fully saturated rings. The molecule has 2 nitrogen and oxygen atoms in total. The summed E-state index contributed by atoms with van der Waals surface area (Å²) in [7, 11) is 0. The molecule has 3 heteroatoms. The highest BCUT2D eigenvalue weighted by atomic mass is 32.2. The topological polar surface area (TPSA) is 26.3 Å². The third kappa shape index (κ3) is 1.88. The number of ketones is 1. The molecule has 0 aromatic heterocycles. The number of fused-ring (bicyclic) bond motifs is 3. The molecule has 17 heavy (non-hydrogen) atoms. The SMILES string of the molecule is O=C1COSc2ccccc2-c2ccccc21. The summed E-state index contributed by atoms with van der Waals surface area (Å²) in [6.07, 6.45) is 0. The first-order chi connectivity index (χ1) is 8.36. The lowest BCUT2D eigenvalue weighted by Gasteiger charge is -2.15. The number of benzene rings is 2. The Hall–Kier alpha value is -1.58. The lowest BCUT2D eigenvalue weighted by atomic mass is 9.97. The van der Waals surface area contributed by atoms with E-state index in [1.54, 1.807) is 0 Å². The summed E-state index contributed by atoms with van der Waals surface area (Å²) >= 11 is 1.27. The predicted molar refractivity (Wildman–Crippen MR) is 68.0 cm³/mol. The molecule has 0 spiro atoms. The van der Waals surface area contributed by atoms with E-state index < -0.39 is 0 Å². The second kappa shape index (κ2) is 4.35. The van der Waals surface area contributed by atoms with Gasteiger partial charge in [0, 0.05) is 22.5 Å². The molecule has 0 saturated heterocycles. The standard InChI is InChI=1S/C14H10O2S/c15-13-9-16-17-14-8-4-3-7-12(14)10-5-1-2-6-11(10)13/h1-8H,9H2. The van der Waals surface area contributed by atoms with Crippen molar-refractivity contribution in [2.75, 3.05) is 6.61 Å². The van der Waals surface area contributed by atoms with Gasteiger partial charge < -0.3 is 4.18 Å². The molecule has 1 aliphatic rings. The maximum Gasteiger partial charge on any atom is 0.190 e.